The number of rotatable bonds is 3. The third-order valence-corrected chi connectivity index (χ3v) is 1.05. The maximum atomic E-state index is 4.63. The highest BCUT2D eigenvalue weighted by molar-refractivity contribution is 5.97. The van der Waals surface area contributed by atoms with Gasteiger partial charge in [-0.3, -0.25) is 4.84 Å². The van der Waals surface area contributed by atoms with Gasteiger partial charge < -0.3 is 4.84 Å². The van der Waals surface area contributed by atoms with Crippen molar-refractivity contribution in [1.82, 2.24) is 5.48 Å². The molecule has 0 aromatic carbocycles. The van der Waals surface area contributed by atoms with Crippen LogP contribution in [0.5, 0.6) is 0 Å². The van der Waals surface area contributed by atoms with Gasteiger partial charge in [0.1, 0.15) is 7.11 Å². The Morgan fingerprint density at radius 3 is 2.86 bits per heavy atom. The second-order valence-electron chi connectivity index (χ2n) is 2.03. The normalized spacial score (nSPS) is 9.21. The predicted octanol–water partition coefficient (Wildman–Crippen LogP) is 0.718. The molecule has 0 saturated heterocycles. The molecule has 0 atom stereocenters. The summed E-state index contributed by atoms with van der Waals surface area (Å²) in [5.41, 5.74) is 2.47. The van der Waals surface area contributed by atoms with Crippen LogP contribution in [0.3, 0.4) is 0 Å². The smallest absolute Gasteiger partial charge is 0.240 e. The van der Waals surface area contributed by atoms with Gasteiger partial charge in [-0.15, -0.1) is 11.8 Å². The lowest BCUT2D eigenvalue weighted by molar-refractivity contribution is 0.136. The first-order valence-electron chi connectivity index (χ1n) is 3.98. The van der Waals surface area contributed by atoms with Gasteiger partial charge in [-0.05, 0) is 12.8 Å². The van der Waals surface area contributed by atoms with Crippen molar-refractivity contribution in [2.75, 3.05) is 14.2 Å². The Balaban J connectivity index is 3.98. The molecule has 0 amide bonds. The fraction of sp³-hybridized carbons (Fsp3) is 0.400. The van der Waals surface area contributed by atoms with Crippen molar-refractivity contribution in [1.29, 1.82) is 0 Å². The van der Waals surface area contributed by atoms with E-state index in [1.54, 1.807) is 13.3 Å². The van der Waals surface area contributed by atoms with E-state index < -0.39 is 0 Å². The van der Waals surface area contributed by atoms with Crippen LogP contribution in [0.15, 0.2) is 5.16 Å². The van der Waals surface area contributed by atoms with Crippen molar-refractivity contribution in [3.8, 4) is 23.7 Å². The topological polar surface area (TPSA) is 42.8 Å². The minimum absolute atomic E-state index is 0.315. The largest absolute Gasteiger partial charge is 0.397 e. The van der Waals surface area contributed by atoms with Crippen LogP contribution < -0.4 is 5.48 Å². The molecule has 0 bridgehead atoms. The van der Waals surface area contributed by atoms with Gasteiger partial charge in [0, 0.05) is 12.8 Å². The highest BCUT2D eigenvalue weighted by Crippen LogP contribution is 1.81. The Labute approximate surface area is 84.6 Å². The van der Waals surface area contributed by atoms with Gasteiger partial charge in [0.05, 0.1) is 7.11 Å². The molecule has 1 radical (unpaired) electrons. The van der Waals surface area contributed by atoms with E-state index in [1.807, 2.05) is 0 Å². The summed E-state index contributed by atoms with van der Waals surface area (Å²) >= 11 is 0. The summed E-state index contributed by atoms with van der Waals surface area (Å²) in [6.45, 7) is 1.78. The molecule has 0 rings (SSSR count). The Morgan fingerprint density at radius 2 is 2.29 bits per heavy atom. The van der Waals surface area contributed by atoms with Crippen molar-refractivity contribution in [3.63, 3.8) is 0 Å². The number of nitrogens with zero attached hydrogens (tertiary/aromatic N) is 1. The number of amidine groups is 1. The van der Waals surface area contributed by atoms with E-state index in [1.165, 1.54) is 14.2 Å². The lowest BCUT2D eigenvalue weighted by Crippen LogP contribution is -2.20. The molecule has 0 aliphatic carbocycles. The van der Waals surface area contributed by atoms with Gasteiger partial charge in [0.2, 0.25) is 5.84 Å². The molecular formula is C10H13N2O2. The van der Waals surface area contributed by atoms with Gasteiger partial charge >= 0.3 is 0 Å². The van der Waals surface area contributed by atoms with Crippen LogP contribution in [0.4, 0.5) is 0 Å². The number of oxime groups is 1. The van der Waals surface area contributed by atoms with E-state index in [-0.39, 0.29) is 0 Å². The van der Waals surface area contributed by atoms with E-state index in [0.717, 1.165) is 0 Å². The predicted molar refractivity (Wildman–Crippen MR) is 54.7 cm³/mol. The molecule has 0 heterocycles. The Bertz CT molecular complexity index is 289. The standard InChI is InChI=1S/C10H13N2O2/c1-4-5-6-7-8-9-10(11-13-2)12-14-3/h7H,6H2,1-3H3,(H,11,12). The molecule has 1 N–H and O–H groups in total. The average molecular weight is 193 g/mol. The summed E-state index contributed by atoms with van der Waals surface area (Å²) in [5.74, 6) is 11.4. The molecule has 0 saturated carbocycles. The lowest BCUT2D eigenvalue weighted by Gasteiger charge is -1.97. The minimum atomic E-state index is 0.315. The highest BCUT2D eigenvalue weighted by Gasteiger charge is 1.90. The second kappa shape index (κ2) is 9.44. The van der Waals surface area contributed by atoms with Crippen molar-refractivity contribution in [2.45, 2.75) is 13.3 Å². The summed E-state index contributed by atoms with van der Waals surface area (Å²) in [7, 11) is 2.91. The van der Waals surface area contributed by atoms with Crippen LogP contribution in [0, 0.1) is 30.1 Å². The number of unbranched alkanes of at least 4 members (excludes halogenated alkanes) is 1. The van der Waals surface area contributed by atoms with Gasteiger partial charge in [-0.1, -0.05) is 11.1 Å². The van der Waals surface area contributed by atoms with Crippen molar-refractivity contribution in [3.05, 3.63) is 6.42 Å². The van der Waals surface area contributed by atoms with E-state index >= 15 is 0 Å². The number of nitrogens with one attached hydrogen (secondary N) is 1. The SMILES string of the molecule is CC#CC[CH]C#CC(=NOC)NOC. The quantitative estimate of drug-likeness (QED) is 0.236. The van der Waals surface area contributed by atoms with Gasteiger partial charge in [0.15, 0.2) is 0 Å². The number of hydrogen-bond acceptors (Lipinski definition) is 3. The first-order valence-corrected chi connectivity index (χ1v) is 3.98. The Kier molecular flexibility index (Phi) is 8.33. The van der Waals surface area contributed by atoms with Gasteiger partial charge in [0.25, 0.3) is 0 Å². The van der Waals surface area contributed by atoms with Gasteiger partial charge in [-0.25, -0.2) is 5.48 Å². The monoisotopic (exact) mass is 193 g/mol. The van der Waals surface area contributed by atoms with E-state index in [4.69, 9.17) is 0 Å². The van der Waals surface area contributed by atoms with E-state index in [9.17, 15) is 0 Å². The third-order valence-electron chi connectivity index (χ3n) is 1.05. The summed E-state index contributed by atoms with van der Waals surface area (Å²) in [4.78, 5) is 9.17. The fourth-order valence-corrected chi connectivity index (χ4v) is 0.578. The lowest BCUT2D eigenvalue weighted by atomic mass is 10.3. The molecule has 4 nitrogen and oxygen atoms in total. The molecular weight excluding hydrogens is 180 g/mol. The van der Waals surface area contributed by atoms with E-state index in [0.29, 0.717) is 12.3 Å². The summed E-state index contributed by atoms with van der Waals surface area (Å²) in [5, 5.41) is 3.58. The average Bonchev–Trinajstić information content (AvgIpc) is 2.18. The van der Waals surface area contributed by atoms with Crippen molar-refractivity contribution in [2.24, 2.45) is 5.16 Å². The van der Waals surface area contributed by atoms with Crippen LogP contribution in [-0.4, -0.2) is 20.1 Å². The van der Waals surface area contributed by atoms with Crippen LogP contribution in [0.2, 0.25) is 0 Å². The molecule has 0 aliphatic rings. The number of hydroxylamine groups is 1. The summed E-state index contributed by atoms with van der Waals surface area (Å²) < 4.78 is 0. The first kappa shape index (κ1) is 12.3. The van der Waals surface area contributed by atoms with Crippen molar-refractivity contribution < 1.29 is 9.68 Å². The van der Waals surface area contributed by atoms with Gasteiger partial charge in [-0.2, -0.15) is 0 Å². The maximum absolute atomic E-state index is 4.63. The van der Waals surface area contributed by atoms with Crippen LogP contribution in [0.1, 0.15) is 13.3 Å². The Hall–Kier alpha value is -1.65. The molecule has 75 valence electrons. The summed E-state index contributed by atoms with van der Waals surface area (Å²) in [6, 6.07) is 0. The molecule has 0 fully saturated rings. The molecule has 0 spiro atoms. The third kappa shape index (κ3) is 7.02. The molecule has 0 unspecified atom stereocenters. The zero-order valence-electron chi connectivity index (χ0n) is 8.55. The molecule has 0 aromatic heterocycles. The minimum Gasteiger partial charge on any atom is -0.397 e. The second-order valence-corrected chi connectivity index (χ2v) is 2.03. The maximum Gasteiger partial charge on any atom is 0.240 e. The summed E-state index contributed by atoms with van der Waals surface area (Å²) in [6.07, 6.45) is 2.37. The molecule has 0 aromatic rings. The first-order chi connectivity index (χ1) is 6.85. The van der Waals surface area contributed by atoms with Crippen LogP contribution in [0.25, 0.3) is 0 Å². The molecule has 14 heavy (non-hydrogen) atoms. The fourth-order valence-electron chi connectivity index (χ4n) is 0.578. The zero-order chi connectivity index (χ0) is 10.6. The Morgan fingerprint density at radius 1 is 1.50 bits per heavy atom. The molecule has 0 aliphatic heterocycles. The zero-order valence-corrected chi connectivity index (χ0v) is 8.55. The van der Waals surface area contributed by atoms with Crippen LogP contribution in [-0.2, 0) is 9.68 Å². The van der Waals surface area contributed by atoms with Crippen molar-refractivity contribution >= 4 is 5.84 Å². The highest BCUT2D eigenvalue weighted by atomic mass is 16.7. The molecule has 4 heteroatoms. The van der Waals surface area contributed by atoms with Crippen LogP contribution >= 0.6 is 0 Å². The number of hydrogen-bond donors (Lipinski definition) is 1. The van der Waals surface area contributed by atoms with E-state index in [2.05, 4.69) is 44.0 Å².